The molecule has 148 valence electrons. The molecule has 0 fully saturated rings. The zero-order chi connectivity index (χ0) is 20.5. The molecule has 10 heteroatoms. The number of nitrogens with zero attached hydrogens (tertiary/aromatic N) is 1. The Bertz CT molecular complexity index is 1210. The zero-order valence-corrected chi connectivity index (χ0v) is 16.6. The van der Waals surface area contributed by atoms with Crippen LogP contribution in [0.4, 0.5) is 5.69 Å². The summed E-state index contributed by atoms with van der Waals surface area (Å²) in [4.78, 5) is 23.6. The highest BCUT2D eigenvalue weighted by Crippen LogP contribution is 2.25. The normalized spacial score (nSPS) is 11.5. The number of esters is 1. The average Bonchev–Trinajstić information content (AvgIpc) is 2.93. The molecule has 0 bridgehead atoms. The number of oxazole rings is 1. The van der Waals surface area contributed by atoms with Gasteiger partial charge in [-0.15, -0.1) is 0 Å². The van der Waals surface area contributed by atoms with Gasteiger partial charge in [-0.2, -0.15) is 0 Å². The standard InChI is InChI=1S/C18H17ClN2O6S/c1-3-26-17(22)10-21-15-7-6-13(9-16(15)27-18(21)23)28(24,25)20-14-8-12(19)5-4-11(14)2/h4-9,20H,3,10H2,1-2H3. The van der Waals surface area contributed by atoms with E-state index < -0.39 is 21.7 Å². The Hall–Kier alpha value is -2.78. The molecule has 1 heterocycles. The van der Waals surface area contributed by atoms with Crippen LogP contribution in [0.3, 0.4) is 0 Å². The van der Waals surface area contributed by atoms with E-state index in [0.29, 0.717) is 16.3 Å². The maximum absolute atomic E-state index is 12.7. The fraction of sp³-hybridized carbons (Fsp3) is 0.222. The quantitative estimate of drug-likeness (QED) is 0.609. The minimum Gasteiger partial charge on any atom is -0.465 e. The first-order valence-corrected chi connectivity index (χ1v) is 10.2. The summed E-state index contributed by atoms with van der Waals surface area (Å²) in [5.74, 6) is -1.38. The summed E-state index contributed by atoms with van der Waals surface area (Å²) in [6.07, 6.45) is 0. The lowest BCUT2D eigenvalue weighted by atomic mass is 10.2. The molecular formula is C18H17ClN2O6S. The van der Waals surface area contributed by atoms with Gasteiger partial charge in [0.25, 0.3) is 10.0 Å². The highest BCUT2D eigenvalue weighted by Gasteiger charge is 2.20. The first-order chi connectivity index (χ1) is 13.2. The van der Waals surface area contributed by atoms with E-state index in [0.717, 1.165) is 4.57 Å². The molecular weight excluding hydrogens is 408 g/mol. The summed E-state index contributed by atoms with van der Waals surface area (Å²) >= 11 is 5.93. The number of carbonyl (C=O) groups is 1. The minimum absolute atomic E-state index is 0.0417. The summed E-state index contributed by atoms with van der Waals surface area (Å²) in [6, 6.07) is 8.79. The molecule has 1 N–H and O–H groups in total. The summed E-state index contributed by atoms with van der Waals surface area (Å²) in [5, 5.41) is 0.390. The number of halogens is 1. The van der Waals surface area contributed by atoms with Crippen molar-refractivity contribution >= 4 is 44.4 Å². The smallest absolute Gasteiger partial charge is 0.420 e. The molecule has 3 aromatic rings. The number of rotatable bonds is 6. The first kappa shape index (κ1) is 20.0. The van der Waals surface area contributed by atoms with Crippen LogP contribution < -0.4 is 10.5 Å². The van der Waals surface area contributed by atoms with Gasteiger partial charge in [0.05, 0.1) is 22.7 Å². The van der Waals surface area contributed by atoms with Gasteiger partial charge in [0, 0.05) is 11.1 Å². The molecule has 0 amide bonds. The third kappa shape index (κ3) is 4.05. The van der Waals surface area contributed by atoms with E-state index in [1.54, 1.807) is 26.0 Å². The molecule has 1 aromatic heterocycles. The fourth-order valence-electron chi connectivity index (χ4n) is 2.61. The van der Waals surface area contributed by atoms with Gasteiger partial charge < -0.3 is 9.15 Å². The third-order valence-corrected chi connectivity index (χ3v) is 5.58. The van der Waals surface area contributed by atoms with Gasteiger partial charge in [-0.1, -0.05) is 17.7 Å². The van der Waals surface area contributed by atoms with E-state index in [9.17, 15) is 18.0 Å². The average molecular weight is 425 g/mol. The molecule has 0 aliphatic heterocycles. The topological polar surface area (TPSA) is 108 Å². The number of fused-ring (bicyclic) bond motifs is 1. The van der Waals surface area contributed by atoms with E-state index in [2.05, 4.69) is 4.72 Å². The monoisotopic (exact) mass is 424 g/mol. The molecule has 0 saturated heterocycles. The molecule has 0 spiro atoms. The second kappa shape index (κ2) is 7.69. The van der Waals surface area contributed by atoms with Gasteiger partial charge in [-0.05, 0) is 43.7 Å². The lowest BCUT2D eigenvalue weighted by molar-refractivity contribution is -0.143. The molecule has 0 aliphatic carbocycles. The third-order valence-electron chi connectivity index (χ3n) is 3.99. The van der Waals surface area contributed by atoms with Crippen molar-refractivity contribution in [3.8, 4) is 0 Å². The van der Waals surface area contributed by atoms with Crippen LogP contribution in [-0.2, 0) is 26.1 Å². The van der Waals surface area contributed by atoms with E-state index in [1.807, 2.05) is 0 Å². The van der Waals surface area contributed by atoms with E-state index in [-0.39, 0.29) is 29.1 Å². The number of aromatic nitrogens is 1. The Morgan fingerprint density at radius 1 is 1.25 bits per heavy atom. The highest BCUT2D eigenvalue weighted by molar-refractivity contribution is 7.92. The molecule has 0 unspecified atom stereocenters. The molecule has 28 heavy (non-hydrogen) atoms. The minimum atomic E-state index is -3.95. The van der Waals surface area contributed by atoms with Crippen molar-refractivity contribution in [2.45, 2.75) is 25.3 Å². The van der Waals surface area contributed by atoms with Crippen molar-refractivity contribution in [2.75, 3.05) is 11.3 Å². The number of carbonyl (C=O) groups excluding carboxylic acids is 1. The molecule has 8 nitrogen and oxygen atoms in total. The summed E-state index contributed by atoms with van der Waals surface area (Å²) in [5.41, 5.74) is 1.37. The molecule has 0 radical (unpaired) electrons. The number of benzene rings is 2. The molecule has 0 saturated carbocycles. The van der Waals surface area contributed by atoms with Crippen LogP contribution in [0.25, 0.3) is 11.1 Å². The van der Waals surface area contributed by atoms with Crippen LogP contribution in [0.1, 0.15) is 12.5 Å². The maximum Gasteiger partial charge on any atom is 0.420 e. The van der Waals surface area contributed by atoms with E-state index in [4.69, 9.17) is 20.8 Å². The summed E-state index contributed by atoms with van der Waals surface area (Å²) in [6.45, 7) is 3.25. The van der Waals surface area contributed by atoms with Crippen molar-refractivity contribution in [1.82, 2.24) is 4.57 Å². The number of sulfonamides is 1. The zero-order valence-electron chi connectivity index (χ0n) is 15.1. The Kier molecular flexibility index (Phi) is 5.48. The Labute approximate surface area is 165 Å². The molecule has 0 aliphatic rings. The van der Waals surface area contributed by atoms with Crippen LogP contribution in [0.15, 0.2) is 50.5 Å². The number of hydrogen-bond acceptors (Lipinski definition) is 6. The lowest BCUT2D eigenvalue weighted by Crippen LogP contribution is -2.21. The largest absolute Gasteiger partial charge is 0.465 e. The van der Waals surface area contributed by atoms with Crippen LogP contribution in [0.5, 0.6) is 0 Å². The number of nitrogens with one attached hydrogen (secondary N) is 1. The van der Waals surface area contributed by atoms with Crippen LogP contribution in [0.2, 0.25) is 5.02 Å². The summed E-state index contributed by atoms with van der Waals surface area (Å²) in [7, 11) is -3.95. The van der Waals surface area contributed by atoms with Crippen molar-refractivity contribution in [2.24, 2.45) is 0 Å². The SMILES string of the molecule is CCOC(=O)Cn1c(=O)oc2cc(S(=O)(=O)Nc3cc(Cl)ccc3C)ccc21. The predicted molar refractivity (Wildman–Crippen MR) is 104 cm³/mol. The Morgan fingerprint density at radius 2 is 2.00 bits per heavy atom. The van der Waals surface area contributed by atoms with Gasteiger partial charge in [0.1, 0.15) is 6.54 Å². The van der Waals surface area contributed by atoms with Crippen molar-refractivity contribution in [3.05, 3.63) is 57.5 Å². The Balaban J connectivity index is 1.97. The predicted octanol–water partition coefficient (Wildman–Crippen LogP) is 2.92. The van der Waals surface area contributed by atoms with Gasteiger partial charge in [-0.3, -0.25) is 14.1 Å². The second-order valence-electron chi connectivity index (χ2n) is 5.95. The lowest BCUT2D eigenvalue weighted by Gasteiger charge is -2.11. The Morgan fingerprint density at radius 3 is 2.71 bits per heavy atom. The van der Waals surface area contributed by atoms with Gasteiger partial charge in [0.15, 0.2) is 5.58 Å². The van der Waals surface area contributed by atoms with Crippen LogP contribution >= 0.6 is 11.6 Å². The van der Waals surface area contributed by atoms with Crippen molar-refractivity contribution in [1.29, 1.82) is 0 Å². The van der Waals surface area contributed by atoms with E-state index >= 15 is 0 Å². The fourth-order valence-corrected chi connectivity index (χ4v) is 3.92. The van der Waals surface area contributed by atoms with Gasteiger partial charge >= 0.3 is 11.7 Å². The first-order valence-electron chi connectivity index (χ1n) is 8.29. The molecule has 2 aromatic carbocycles. The van der Waals surface area contributed by atoms with Crippen LogP contribution in [0, 0.1) is 6.92 Å². The van der Waals surface area contributed by atoms with Crippen molar-refractivity contribution in [3.63, 3.8) is 0 Å². The number of ether oxygens (including phenoxy) is 1. The highest BCUT2D eigenvalue weighted by atomic mass is 35.5. The van der Waals surface area contributed by atoms with E-state index in [1.165, 1.54) is 24.3 Å². The maximum atomic E-state index is 12.7. The van der Waals surface area contributed by atoms with Gasteiger partial charge in [-0.25, -0.2) is 13.2 Å². The summed E-state index contributed by atoms with van der Waals surface area (Å²) < 4.78 is 38.9. The molecule has 0 atom stereocenters. The number of aryl methyl sites for hydroxylation is 1. The van der Waals surface area contributed by atoms with Crippen molar-refractivity contribution < 1.29 is 22.4 Å². The second-order valence-corrected chi connectivity index (χ2v) is 8.07. The number of anilines is 1. The molecule has 3 rings (SSSR count). The number of hydrogen-bond donors (Lipinski definition) is 1. The van der Waals surface area contributed by atoms with Crippen LogP contribution in [-0.4, -0.2) is 25.6 Å². The van der Waals surface area contributed by atoms with Gasteiger partial charge in [0.2, 0.25) is 0 Å².